The minimum Gasteiger partial charge on any atom is -0.496 e. The van der Waals surface area contributed by atoms with E-state index in [1.165, 1.54) is 26.4 Å². The van der Waals surface area contributed by atoms with Gasteiger partial charge in [-0.2, -0.15) is 0 Å². The standard InChI is InChI=1S/C22H29NO5/c1-5-7-8-9-10-16(23-28-13-6-2)15-14-19(26-3)20-17(24)11-12-18(25)21(20)22(15)27-4/h11-12,14H,5-10,13H2,1-4H3/b23-16-. The molecule has 0 radical (unpaired) electrons. The fourth-order valence-corrected chi connectivity index (χ4v) is 3.19. The molecule has 152 valence electrons. The van der Waals surface area contributed by atoms with Crippen molar-refractivity contribution in [1.29, 1.82) is 0 Å². The van der Waals surface area contributed by atoms with Crippen LogP contribution in [0.4, 0.5) is 0 Å². The van der Waals surface area contributed by atoms with Crippen LogP contribution in [0.5, 0.6) is 11.5 Å². The molecule has 0 aliphatic heterocycles. The number of oxime groups is 1. The zero-order valence-electron chi connectivity index (χ0n) is 17.2. The topological polar surface area (TPSA) is 74.2 Å². The average Bonchev–Trinajstić information content (AvgIpc) is 2.71. The van der Waals surface area contributed by atoms with Crippen LogP contribution in [-0.4, -0.2) is 38.1 Å². The van der Waals surface area contributed by atoms with E-state index < -0.39 is 0 Å². The Bertz CT molecular complexity index is 780. The number of allylic oxidation sites excluding steroid dienone is 2. The summed E-state index contributed by atoms with van der Waals surface area (Å²) in [6.07, 6.45) is 8.35. The zero-order chi connectivity index (χ0) is 20.5. The predicted octanol–water partition coefficient (Wildman–Crippen LogP) is 4.74. The predicted molar refractivity (Wildman–Crippen MR) is 109 cm³/mol. The number of carbonyl (C=O) groups excluding carboxylic acids is 2. The molecule has 1 aromatic carbocycles. The molecule has 1 aliphatic carbocycles. The molecular weight excluding hydrogens is 358 g/mol. The van der Waals surface area contributed by atoms with Gasteiger partial charge < -0.3 is 14.3 Å². The number of unbranched alkanes of at least 4 members (excludes halogenated alkanes) is 3. The van der Waals surface area contributed by atoms with Gasteiger partial charge in [0.2, 0.25) is 0 Å². The lowest BCUT2D eigenvalue weighted by atomic mass is 9.88. The molecule has 0 saturated heterocycles. The Hall–Kier alpha value is -2.63. The van der Waals surface area contributed by atoms with Gasteiger partial charge in [0.05, 0.1) is 31.1 Å². The molecule has 0 heterocycles. The molecule has 1 aliphatic rings. The number of fused-ring (bicyclic) bond motifs is 1. The third kappa shape index (κ3) is 4.80. The molecule has 0 amide bonds. The van der Waals surface area contributed by atoms with E-state index >= 15 is 0 Å². The van der Waals surface area contributed by atoms with Crippen LogP contribution in [0.3, 0.4) is 0 Å². The van der Waals surface area contributed by atoms with E-state index in [2.05, 4.69) is 12.1 Å². The first-order valence-electron chi connectivity index (χ1n) is 9.83. The lowest BCUT2D eigenvalue weighted by Crippen LogP contribution is -2.18. The van der Waals surface area contributed by atoms with Gasteiger partial charge in [0.15, 0.2) is 11.6 Å². The molecule has 0 fully saturated rings. The number of benzene rings is 1. The highest BCUT2D eigenvalue weighted by Gasteiger charge is 2.31. The van der Waals surface area contributed by atoms with E-state index in [9.17, 15) is 9.59 Å². The van der Waals surface area contributed by atoms with Crippen molar-refractivity contribution in [1.82, 2.24) is 0 Å². The molecule has 1 aromatic rings. The summed E-state index contributed by atoms with van der Waals surface area (Å²) in [6, 6.07) is 1.72. The summed E-state index contributed by atoms with van der Waals surface area (Å²) >= 11 is 0. The van der Waals surface area contributed by atoms with E-state index in [1.807, 2.05) is 6.92 Å². The first-order chi connectivity index (χ1) is 13.6. The number of ketones is 2. The summed E-state index contributed by atoms with van der Waals surface area (Å²) in [6.45, 7) is 4.67. The molecule has 0 N–H and O–H groups in total. The normalized spacial score (nSPS) is 13.5. The fourth-order valence-electron chi connectivity index (χ4n) is 3.19. The largest absolute Gasteiger partial charge is 0.496 e. The van der Waals surface area contributed by atoms with E-state index in [0.29, 0.717) is 35.8 Å². The number of hydrogen-bond donors (Lipinski definition) is 0. The molecule has 6 nitrogen and oxygen atoms in total. The van der Waals surface area contributed by atoms with Crippen LogP contribution in [0.25, 0.3) is 0 Å². The lowest BCUT2D eigenvalue weighted by Gasteiger charge is -2.20. The van der Waals surface area contributed by atoms with Gasteiger partial charge in [-0.05, 0) is 37.5 Å². The van der Waals surface area contributed by atoms with Gasteiger partial charge in [-0.1, -0.05) is 38.3 Å². The Kier molecular flexibility index (Phi) is 8.23. The maximum Gasteiger partial charge on any atom is 0.190 e. The zero-order valence-corrected chi connectivity index (χ0v) is 17.2. The average molecular weight is 387 g/mol. The molecule has 0 unspecified atom stereocenters. The van der Waals surface area contributed by atoms with Crippen LogP contribution >= 0.6 is 0 Å². The van der Waals surface area contributed by atoms with Gasteiger partial charge >= 0.3 is 0 Å². The van der Waals surface area contributed by atoms with Crippen LogP contribution < -0.4 is 9.47 Å². The molecule has 6 heteroatoms. The van der Waals surface area contributed by atoms with E-state index in [4.69, 9.17) is 14.3 Å². The summed E-state index contributed by atoms with van der Waals surface area (Å²) in [4.78, 5) is 30.4. The Morgan fingerprint density at radius 1 is 0.929 bits per heavy atom. The van der Waals surface area contributed by atoms with Crippen molar-refractivity contribution in [3.63, 3.8) is 0 Å². The first-order valence-corrected chi connectivity index (χ1v) is 9.83. The van der Waals surface area contributed by atoms with Crippen LogP contribution in [0.1, 0.15) is 78.7 Å². The SMILES string of the molecule is CCCCCC/C(=N/OCCC)c1cc(OC)c2c(c1OC)C(=O)C=CC2=O. The second-order valence-corrected chi connectivity index (χ2v) is 6.65. The van der Waals surface area contributed by atoms with Crippen LogP contribution in [0.15, 0.2) is 23.4 Å². The summed E-state index contributed by atoms with van der Waals surface area (Å²) in [7, 11) is 2.97. The maximum atomic E-state index is 12.6. The minimum atomic E-state index is -0.286. The van der Waals surface area contributed by atoms with Crippen molar-refractivity contribution in [2.45, 2.75) is 52.4 Å². The Morgan fingerprint density at radius 3 is 2.25 bits per heavy atom. The van der Waals surface area contributed by atoms with E-state index in [0.717, 1.165) is 32.1 Å². The first kappa shape index (κ1) is 21.7. The number of ether oxygens (including phenoxy) is 2. The van der Waals surface area contributed by atoms with Crippen LogP contribution in [-0.2, 0) is 4.84 Å². The van der Waals surface area contributed by atoms with Crippen molar-refractivity contribution in [3.05, 3.63) is 34.9 Å². The summed E-state index contributed by atoms with van der Waals surface area (Å²) in [5, 5.41) is 4.33. The highest BCUT2D eigenvalue weighted by atomic mass is 16.6. The van der Waals surface area contributed by atoms with Crippen molar-refractivity contribution in [2.24, 2.45) is 5.16 Å². The van der Waals surface area contributed by atoms with Gasteiger partial charge in [0, 0.05) is 5.56 Å². The second-order valence-electron chi connectivity index (χ2n) is 6.65. The molecule has 0 saturated carbocycles. The number of rotatable bonds is 11. The van der Waals surface area contributed by atoms with Gasteiger partial charge in [0.25, 0.3) is 0 Å². The van der Waals surface area contributed by atoms with Gasteiger partial charge in [0.1, 0.15) is 18.1 Å². The van der Waals surface area contributed by atoms with Gasteiger partial charge in [-0.3, -0.25) is 9.59 Å². The molecule has 0 aromatic heterocycles. The van der Waals surface area contributed by atoms with Crippen molar-refractivity contribution in [2.75, 3.05) is 20.8 Å². The number of nitrogens with zero attached hydrogens (tertiary/aromatic N) is 1. The quantitative estimate of drug-likeness (QED) is 0.311. The molecule has 0 atom stereocenters. The smallest absolute Gasteiger partial charge is 0.190 e. The molecular formula is C22H29NO5. The van der Waals surface area contributed by atoms with Crippen LogP contribution in [0, 0.1) is 0 Å². The summed E-state index contributed by atoms with van der Waals surface area (Å²) in [5.41, 5.74) is 1.77. The van der Waals surface area contributed by atoms with E-state index in [1.54, 1.807) is 6.07 Å². The highest BCUT2D eigenvalue weighted by Crippen LogP contribution is 2.38. The molecule has 0 bridgehead atoms. The lowest BCUT2D eigenvalue weighted by molar-refractivity contribution is 0.0989. The summed E-state index contributed by atoms with van der Waals surface area (Å²) < 4.78 is 11.0. The highest BCUT2D eigenvalue weighted by molar-refractivity contribution is 6.25. The monoisotopic (exact) mass is 387 g/mol. The van der Waals surface area contributed by atoms with Gasteiger partial charge in [-0.25, -0.2) is 0 Å². The fraction of sp³-hybridized carbons (Fsp3) is 0.500. The second kappa shape index (κ2) is 10.6. The Labute approximate surface area is 166 Å². The van der Waals surface area contributed by atoms with E-state index in [-0.39, 0.29) is 22.7 Å². The summed E-state index contributed by atoms with van der Waals surface area (Å²) in [5.74, 6) is 0.115. The molecule has 0 spiro atoms. The van der Waals surface area contributed by atoms with Crippen molar-refractivity contribution < 1.29 is 23.9 Å². The third-order valence-corrected chi connectivity index (χ3v) is 4.59. The third-order valence-electron chi connectivity index (χ3n) is 4.59. The number of hydrogen-bond acceptors (Lipinski definition) is 6. The maximum absolute atomic E-state index is 12.6. The Morgan fingerprint density at radius 2 is 1.64 bits per heavy atom. The molecule has 2 rings (SSSR count). The van der Waals surface area contributed by atoms with Gasteiger partial charge in [-0.15, -0.1) is 0 Å². The van der Waals surface area contributed by atoms with Crippen molar-refractivity contribution >= 4 is 17.3 Å². The van der Waals surface area contributed by atoms with Crippen LogP contribution in [0.2, 0.25) is 0 Å². The van der Waals surface area contributed by atoms with Crippen molar-refractivity contribution in [3.8, 4) is 11.5 Å². The number of carbonyl (C=O) groups is 2. The number of methoxy groups -OCH3 is 2. The minimum absolute atomic E-state index is 0.223. The Balaban J connectivity index is 2.56. The molecule has 28 heavy (non-hydrogen) atoms.